The molecule has 1 fully saturated rings. The number of carbonyl (C=O) groups is 1. The lowest BCUT2D eigenvalue weighted by atomic mass is 9.92. The maximum atomic E-state index is 12.9. The number of fused-ring (bicyclic) bond motifs is 3. The molecule has 5 rings (SSSR count). The van der Waals surface area contributed by atoms with Crippen molar-refractivity contribution in [2.75, 3.05) is 46.6 Å². The summed E-state index contributed by atoms with van der Waals surface area (Å²) in [5.41, 5.74) is 3.99. The summed E-state index contributed by atoms with van der Waals surface area (Å²) in [6, 6.07) is 13.3. The monoisotopic (exact) mass is 499 g/mol. The van der Waals surface area contributed by atoms with Crippen molar-refractivity contribution in [1.29, 1.82) is 0 Å². The van der Waals surface area contributed by atoms with Crippen LogP contribution in [0.15, 0.2) is 42.5 Å². The Morgan fingerprint density at radius 3 is 2.80 bits per heavy atom. The highest BCUT2D eigenvalue weighted by Gasteiger charge is 2.35. The molecular formula is C27H31ClFN3O3. The van der Waals surface area contributed by atoms with Gasteiger partial charge < -0.3 is 19.4 Å². The van der Waals surface area contributed by atoms with E-state index >= 15 is 0 Å². The van der Waals surface area contributed by atoms with Gasteiger partial charge in [0.15, 0.2) is 0 Å². The second kappa shape index (κ2) is 10.5. The van der Waals surface area contributed by atoms with Gasteiger partial charge in [-0.2, -0.15) is 0 Å². The molecule has 0 aliphatic carbocycles. The molecule has 2 atom stereocenters. The van der Waals surface area contributed by atoms with Gasteiger partial charge in [0.25, 0.3) is 0 Å². The molecule has 2 aliphatic heterocycles. The number of nitrogens with one attached hydrogen (secondary N) is 1. The number of hydrogen-bond acceptors (Lipinski definition) is 4. The van der Waals surface area contributed by atoms with Gasteiger partial charge in [-0.3, -0.25) is 4.90 Å². The predicted octanol–water partition coefficient (Wildman–Crippen LogP) is 5.60. The molecule has 35 heavy (non-hydrogen) atoms. The summed E-state index contributed by atoms with van der Waals surface area (Å²) < 4.78 is 24.0. The lowest BCUT2D eigenvalue weighted by Crippen LogP contribution is -2.41. The Hall–Kier alpha value is -2.77. The van der Waals surface area contributed by atoms with Gasteiger partial charge in [0.2, 0.25) is 0 Å². The number of carbonyl (C=O) groups excluding carboxylic acids is 1. The second-order valence-electron chi connectivity index (χ2n) is 9.51. The Balaban J connectivity index is 1.41. The lowest BCUT2D eigenvalue weighted by Gasteiger charge is -2.35. The molecule has 0 bridgehead atoms. The van der Waals surface area contributed by atoms with Crippen LogP contribution >= 0.6 is 11.6 Å². The topological polar surface area (TPSA) is 57.8 Å². The van der Waals surface area contributed by atoms with E-state index < -0.39 is 12.8 Å². The normalized spacial score (nSPS) is 20.6. The standard InChI is InChI=1S/C27H31ClFN3O3/c1-31-12-2-3-18(16-31)17-35-21-7-4-19(5-8-21)26-25-22(10-13-32(26)27(33)34-14-11-29)23-15-20(28)6-9-24(23)30-25/h4-9,15,18,26,30H,2-3,10-14,16-17H2,1H3. The van der Waals surface area contributed by atoms with Gasteiger partial charge >= 0.3 is 6.09 Å². The van der Waals surface area contributed by atoms with Crippen LogP contribution in [0.5, 0.6) is 5.75 Å². The molecule has 2 unspecified atom stereocenters. The molecule has 3 aromatic rings. The number of aromatic amines is 1. The van der Waals surface area contributed by atoms with Gasteiger partial charge in [0.05, 0.1) is 6.61 Å². The quantitative estimate of drug-likeness (QED) is 0.480. The molecule has 3 heterocycles. The van der Waals surface area contributed by atoms with Crippen molar-refractivity contribution < 1.29 is 18.7 Å². The molecule has 8 heteroatoms. The summed E-state index contributed by atoms with van der Waals surface area (Å²) in [4.78, 5) is 20.4. The summed E-state index contributed by atoms with van der Waals surface area (Å²) in [6.45, 7) is 2.42. The number of ether oxygens (including phenoxy) is 2. The van der Waals surface area contributed by atoms with Gasteiger partial charge in [-0.05, 0) is 74.3 Å². The minimum atomic E-state index is -0.705. The summed E-state index contributed by atoms with van der Waals surface area (Å²) in [5.74, 6) is 1.35. The molecule has 1 saturated heterocycles. The number of benzene rings is 2. The van der Waals surface area contributed by atoms with E-state index in [1.807, 2.05) is 42.5 Å². The third-order valence-electron chi connectivity index (χ3n) is 7.03. The van der Waals surface area contributed by atoms with Gasteiger partial charge in [-0.15, -0.1) is 0 Å². The highest BCUT2D eigenvalue weighted by atomic mass is 35.5. The molecule has 0 radical (unpaired) electrons. The first-order valence-corrected chi connectivity index (χ1v) is 12.6. The summed E-state index contributed by atoms with van der Waals surface area (Å²) in [5, 5.41) is 1.73. The Labute approximate surface area is 209 Å². The number of aromatic nitrogens is 1. The van der Waals surface area contributed by atoms with E-state index in [2.05, 4.69) is 16.9 Å². The highest BCUT2D eigenvalue weighted by Crippen LogP contribution is 2.39. The number of hydrogen-bond donors (Lipinski definition) is 1. The molecule has 2 aromatic carbocycles. The number of halogens is 2. The number of alkyl halides is 1. The molecule has 0 spiro atoms. The van der Waals surface area contributed by atoms with E-state index in [9.17, 15) is 9.18 Å². The van der Waals surface area contributed by atoms with Crippen LogP contribution in [0.2, 0.25) is 5.02 Å². The van der Waals surface area contributed by atoms with Crippen molar-refractivity contribution in [1.82, 2.24) is 14.8 Å². The average molecular weight is 500 g/mol. The molecule has 1 N–H and O–H groups in total. The van der Waals surface area contributed by atoms with Crippen LogP contribution in [0.1, 0.15) is 35.7 Å². The maximum absolute atomic E-state index is 12.9. The highest BCUT2D eigenvalue weighted by molar-refractivity contribution is 6.31. The SMILES string of the molecule is CN1CCCC(COc2ccc(C3c4[nH]c5ccc(Cl)cc5c4CCN3C(=O)OCCF)cc2)C1. The van der Waals surface area contributed by atoms with E-state index in [1.54, 1.807) is 4.90 Å². The number of amides is 1. The summed E-state index contributed by atoms with van der Waals surface area (Å²) in [7, 11) is 2.15. The van der Waals surface area contributed by atoms with E-state index in [-0.39, 0.29) is 12.6 Å². The number of likely N-dealkylation sites (tertiary alicyclic amines) is 1. The van der Waals surface area contributed by atoms with Crippen LogP contribution in [-0.2, 0) is 11.2 Å². The number of piperidine rings is 1. The second-order valence-corrected chi connectivity index (χ2v) is 9.94. The van der Waals surface area contributed by atoms with Crippen LogP contribution in [0.3, 0.4) is 0 Å². The molecular weight excluding hydrogens is 469 g/mol. The fourth-order valence-electron chi connectivity index (χ4n) is 5.38. The van der Waals surface area contributed by atoms with Crippen LogP contribution in [-0.4, -0.2) is 67.4 Å². The Kier molecular flexibility index (Phi) is 7.16. The van der Waals surface area contributed by atoms with Crippen molar-refractivity contribution in [3.63, 3.8) is 0 Å². The first-order chi connectivity index (χ1) is 17.0. The Morgan fingerprint density at radius 1 is 1.20 bits per heavy atom. The fourth-order valence-corrected chi connectivity index (χ4v) is 5.55. The van der Waals surface area contributed by atoms with Crippen LogP contribution in [0.25, 0.3) is 10.9 Å². The molecule has 186 valence electrons. The Morgan fingerprint density at radius 2 is 2.03 bits per heavy atom. The van der Waals surface area contributed by atoms with Crippen molar-refractivity contribution in [2.45, 2.75) is 25.3 Å². The minimum Gasteiger partial charge on any atom is -0.493 e. The zero-order chi connectivity index (χ0) is 24.4. The minimum absolute atomic E-state index is 0.250. The van der Waals surface area contributed by atoms with Gasteiger partial charge in [0, 0.05) is 40.6 Å². The van der Waals surface area contributed by atoms with Crippen LogP contribution in [0, 0.1) is 5.92 Å². The Bertz CT molecular complexity index is 1180. The number of rotatable bonds is 6. The van der Waals surface area contributed by atoms with E-state index in [0.717, 1.165) is 46.6 Å². The molecule has 0 saturated carbocycles. The molecule has 1 amide bonds. The largest absolute Gasteiger partial charge is 0.493 e. The first kappa shape index (κ1) is 23.9. The average Bonchev–Trinajstić information content (AvgIpc) is 3.23. The lowest BCUT2D eigenvalue weighted by molar-refractivity contribution is 0.0837. The van der Waals surface area contributed by atoms with Gasteiger partial charge in [0.1, 0.15) is 25.1 Å². The van der Waals surface area contributed by atoms with E-state index in [0.29, 0.717) is 30.5 Å². The van der Waals surface area contributed by atoms with Crippen molar-refractivity contribution >= 4 is 28.6 Å². The summed E-state index contributed by atoms with van der Waals surface area (Å²) >= 11 is 6.27. The zero-order valence-electron chi connectivity index (χ0n) is 19.9. The predicted molar refractivity (Wildman–Crippen MR) is 135 cm³/mol. The number of nitrogens with zero attached hydrogens (tertiary/aromatic N) is 2. The van der Waals surface area contributed by atoms with Crippen molar-refractivity contribution in [3.8, 4) is 5.75 Å². The summed E-state index contributed by atoms with van der Waals surface area (Å²) in [6.07, 6.45) is 2.54. The van der Waals surface area contributed by atoms with Gasteiger partial charge in [-0.25, -0.2) is 9.18 Å². The van der Waals surface area contributed by atoms with Crippen molar-refractivity contribution in [3.05, 3.63) is 64.3 Å². The maximum Gasteiger partial charge on any atom is 0.410 e. The van der Waals surface area contributed by atoms with Crippen LogP contribution in [0.4, 0.5) is 9.18 Å². The number of H-pyrrole nitrogens is 1. The molecule has 6 nitrogen and oxygen atoms in total. The van der Waals surface area contributed by atoms with E-state index in [4.69, 9.17) is 21.1 Å². The van der Waals surface area contributed by atoms with Gasteiger partial charge in [-0.1, -0.05) is 23.7 Å². The zero-order valence-corrected chi connectivity index (χ0v) is 20.7. The molecule has 1 aromatic heterocycles. The van der Waals surface area contributed by atoms with E-state index in [1.165, 1.54) is 12.8 Å². The fraction of sp³-hybridized carbons (Fsp3) is 0.444. The van der Waals surface area contributed by atoms with Crippen LogP contribution < -0.4 is 4.74 Å². The first-order valence-electron chi connectivity index (χ1n) is 12.2. The van der Waals surface area contributed by atoms with Crippen molar-refractivity contribution in [2.24, 2.45) is 5.92 Å². The molecule has 2 aliphatic rings. The third kappa shape index (κ3) is 5.11. The smallest absolute Gasteiger partial charge is 0.410 e. The third-order valence-corrected chi connectivity index (χ3v) is 7.26.